The molecular formula is C16H18F3NO4. The number of aliphatic carboxylic acids is 1. The third kappa shape index (κ3) is 3.05. The van der Waals surface area contributed by atoms with Gasteiger partial charge < -0.3 is 14.7 Å². The van der Waals surface area contributed by atoms with Crippen molar-refractivity contribution in [1.29, 1.82) is 0 Å². The van der Waals surface area contributed by atoms with E-state index < -0.39 is 42.4 Å². The highest BCUT2D eigenvalue weighted by atomic mass is 19.4. The molecule has 0 spiro atoms. The van der Waals surface area contributed by atoms with Crippen molar-refractivity contribution in [3.05, 3.63) is 29.8 Å². The van der Waals surface area contributed by atoms with Gasteiger partial charge in [0.15, 0.2) is 5.41 Å². The molecule has 1 amide bonds. The SMILES string of the molecule is COc1ccc(C(C)C(=O)N2CCC(C(=O)O)(C(F)(F)F)C2)cc1. The van der Waals surface area contributed by atoms with E-state index >= 15 is 0 Å². The number of hydrogen-bond acceptors (Lipinski definition) is 3. The number of carboxylic acids is 1. The van der Waals surface area contributed by atoms with Crippen LogP contribution in [0.25, 0.3) is 0 Å². The molecular weight excluding hydrogens is 327 g/mol. The van der Waals surface area contributed by atoms with Gasteiger partial charge in [0.05, 0.1) is 13.0 Å². The van der Waals surface area contributed by atoms with E-state index in [1.165, 1.54) is 7.11 Å². The Balaban J connectivity index is 2.17. The number of carbonyl (C=O) groups is 2. The first-order chi connectivity index (χ1) is 11.1. The summed E-state index contributed by atoms with van der Waals surface area (Å²) in [5.74, 6) is -2.54. The maximum atomic E-state index is 13.2. The molecule has 1 aromatic carbocycles. The number of carboxylic acid groups (broad SMARTS) is 1. The fraction of sp³-hybridized carbons (Fsp3) is 0.500. The quantitative estimate of drug-likeness (QED) is 0.911. The number of alkyl halides is 3. The Morgan fingerprint density at radius 1 is 1.29 bits per heavy atom. The molecule has 1 heterocycles. The summed E-state index contributed by atoms with van der Waals surface area (Å²) in [6.07, 6.45) is -5.54. The minimum atomic E-state index is -4.91. The number of ether oxygens (including phenoxy) is 1. The zero-order valence-corrected chi connectivity index (χ0v) is 13.3. The molecule has 2 rings (SSSR count). The highest BCUT2D eigenvalue weighted by molar-refractivity contribution is 5.85. The Hall–Kier alpha value is -2.25. The van der Waals surface area contributed by atoms with E-state index in [0.717, 1.165) is 4.90 Å². The van der Waals surface area contributed by atoms with E-state index in [4.69, 9.17) is 9.84 Å². The van der Waals surface area contributed by atoms with Crippen LogP contribution in [0.1, 0.15) is 24.8 Å². The number of nitrogens with zero attached hydrogens (tertiary/aromatic N) is 1. The number of halogens is 3. The van der Waals surface area contributed by atoms with Crippen LogP contribution in [-0.2, 0) is 9.59 Å². The van der Waals surface area contributed by atoms with E-state index in [1.54, 1.807) is 31.2 Å². The van der Waals surface area contributed by atoms with Crippen LogP contribution in [0.4, 0.5) is 13.2 Å². The van der Waals surface area contributed by atoms with Gasteiger partial charge in [-0.2, -0.15) is 13.2 Å². The minimum absolute atomic E-state index is 0.231. The van der Waals surface area contributed by atoms with Crippen LogP contribution in [0.15, 0.2) is 24.3 Å². The number of carbonyl (C=O) groups excluding carboxylic acids is 1. The molecule has 0 aliphatic carbocycles. The molecule has 0 saturated carbocycles. The lowest BCUT2D eigenvalue weighted by Crippen LogP contribution is -2.48. The van der Waals surface area contributed by atoms with E-state index in [0.29, 0.717) is 11.3 Å². The van der Waals surface area contributed by atoms with Gasteiger partial charge in [-0.15, -0.1) is 0 Å². The smallest absolute Gasteiger partial charge is 0.406 e. The number of hydrogen-bond donors (Lipinski definition) is 1. The predicted octanol–water partition coefficient (Wildman–Crippen LogP) is 2.66. The van der Waals surface area contributed by atoms with Crippen molar-refractivity contribution in [2.75, 3.05) is 20.2 Å². The fourth-order valence-electron chi connectivity index (χ4n) is 2.83. The summed E-state index contributed by atoms with van der Waals surface area (Å²) in [5.41, 5.74) is -2.26. The summed E-state index contributed by atoms with van der Waals surface area (Å²) in [6.45, 7) is 0.495. The molecule has 2 atom stereocenters. The molecule has 2 unspecified atom stereocenters. The first kappa shape index (κ1) is 18.1. The molecule has 0 aromatic heterocycles. The average molecular weight is 345 g/mol. The van der Waals surface area contributed by atoms with Gasteiger partial charge in [-0.1, -0.05) is 12.1 Å². The third-order valence-corrected chi connectivity index (χ3v) is 4.52. The number of methoxy groups -OCH3 is 1. The largest absolute Gasteiger partial charge is 0.497 e. The number of likely N-dealkylation sites (tertiary alicyclic amines) is 1. The Morgan fingerprint density at radius 2 is 1.88 bits per heavy atom. The number of amides is 1. The van der Waals surface area contributed by atoms with Crippen LogP contribution in [0.2, 0.25) is 0 Å². The third-order valence-electron chi connectivity index (χ3n) is 4.52. The van der Waals surface area contributed by atoms with E-state index in [2.05, 4.69) is 0 Å². The van der Waals surface area contributed by atoms with E-state index in [9.17, 15) is 22.8 Å². The van der Waals surface area contributed by atoms with Crippen molar-refractivity contribution >= 4 is 11.9 Å². The second-order valence-corrected chi connectivity index (χ2v) is 5.89. The molecule has 1 fully saturated rings. The molecule has 1 N–H and O–H groups in total. The van der Waals surface area contributed by atoms with E-state index in [-0.39, 0.29) is 6.54 Å². The first-order valence-corrected chi connectivity index (χ1v) is 7.35. The maximum absolute atomic E-state index is 13.2. The van der Waals surface area contributed by atoms with Gasteiger partial charge in [-0.05, 0) is 31.0 Å². The van der Waals surface area contributed by atoms with Gasteiger partial charge in [0.1, 0.15) is 5.75 Å². The Kier molecular flexibility index (Phi) is 4.77. The van der Waals surface area contributed by atoms with Crippen LogP contribution in [-0.4, -0.2) is 48.3 Å². The Labute approximate surface area is 137 Å². The summed E-state index contributed by atoms with van der Waals surface area (Å²) in [4.78, 5) is 24.6. The Bertz CT molecular complexity index is 629. The van der Waals surface area contributed by atoms with Crippen LogP contribution >= 0.6 is 0 Å². The van der Waals surface area contributed by atoms with Gasteiger partial charge in [0.25, 0.3) is 0 Å². The summed E-state index contributed by atoms with van der Waals surface area (Å²) < 4.78 is 44.5. The molecule has 1 aromatic rings. The molecule has 132 valence electrons. The molecule has 24 heavy (non-hydrogen) atoms. The lowest BCUT2D eigenvalue weighted by Gasteiger charge is -2.28. The standard InChI is InChI=1S/C16H18F3NO4/c1-10(11-3-5-12(24-2)6-4-11)13(21)20-8-7-15(9-20,14(22)23)16(17,18)19/h3-6,10H,7-9H2,1-2H3,(H,22,23). The maximum Gasteiger partial charge on any atom is 0.406 e. The lowest BCUT2D eigenvalue weighted by molar-refractivity contribution is -0.227. The summed E-state index contributed by atoms with van der Waals surface area (Å²) in [7, 11) is 1.50. The molecule has 1 aliphatic heterocycles. The second-order valence-electron chi connectivity index (χ2n) is 5.89. The zero-order chi connectivity index (χ0) is 18.1. The zero-order valence-electron chi connectivity index (χ0n) is 13.3. The summed E-state index contributed by atoms with van der Waals surface area (Å²) in [5, 5.41) is 9.04. The Morgan fingerprint density at radius 3 is 2.29 bits per heavy atom. The van der Waals surface area contributed by atoms with Crippen molar-refractivity contribution in [2.24, 2.45) is 5.41 Å². The van der Waals surface area contributed by atoms with Crippen molar-refractivity contribution < 1.29 is 32.6 Å². The average Bonchev–Trinajstić information content (AvgIpc) is 3.00. The van der Waals surface area contributed by atoms with Crippen LogP contribution in [0.5, 0.6) is 5.75 Å². The molecule has 5 nitrogen and oxygen atoms in total. The van der Waals surface area contributed by atoms with Gasteiger partial charge in [0, 0.05) is 13.1 Å². The highest BCUT2D eigenvalue weighted by Gasteiger charge is 2.64. The van der Waals surface area contributed by atoms with Crippen molar-refractivity contribution in [3.63, 3.8) is 0 Å². The van der Waals surface area contributed by atoms with Gasteiger partial charge in [-0.3, -0.25) is 9.59 Å². The van der Waals surface area contributed by atoms with E-state index in [1.807, 2.05) is 0 Å². The molecule has 0 radical (unpaired) electrons. The molecule has 1 aliphatic rings. The van der Waals surface area contributed by atoms with Crippen LogP contribution in [0, 0.1) is 5.41 Å². The van der Waals surface area contributed by atoms with Gasteiger partial charge >= 0.3 is 12.1 Å². The van der Waals surface area contributed by atoms with Gasteiger partial charge in [0.2, 0.25) is 5.91 Å². The molecule has 1 saturated heterocycles. The first-order valence-electron chi connectivity index (χ1n) is 7.35. The lowest BCUT2D eigenvalue weighted by atomic mass is 9.86. The monoisotopic (exact) mass is 345 g/mol. The van der Waals surface area contributed by atoms with Crippen molar-refractivity contribution in [2.45, 2.75) is 25.4 Å². The molecule has 0 bridgehead atoms. The van der Waals surface area contributed by atoms with Crippen LogP contribution < -0.4 is 4.74 Å². The second kappa shape index (κ2) is 6.33. The topological polar surface area (TPSA) is 66.8 Å². The fourth-order valence-corrected chi connectivity index (χ4v) is 2.83. The summed E-state index contributed by atoms with van der Waals surface area (Å²) in [6, 6.07) is 6.62. The van der Waals surface area contributed by atoms with Crippen molar-refractivity contribution in [3.8, 4) is 5.75 Å². The van der Waals surface area contributed by atoms with Crippen molar-refractivity contribution in [1.82, 2.24) is 4.90 Å². The number of rotatable bonds is 4. The molecule has 8 heteroatoms. The normalized spacial score (nSPS) is 22.3. The minimum Gasteiger partial charge on any atom is -0.497 e. The predicted molar refractivity (Wildman–Crippen MR) is 78.7 cm³/mol. The van der Waals surface area contributed by atoms with Crippen LogP contribution in [0.3, 0.4) is 0 Å². The highest BCUT2D eigenvalue weighted by Crippen LogP contribution is 2.46. The summed E-state index contributed by atoms with van der Waals surface area (Å²) >= 11 is 0. The van der Waals surface area contributed by atoms with Gasteiger partial charge in [-0.25, -0.2) is 0 Å². The number of benzene rings is 1.